The van der Waals surface area contributed by atoms with Gasteiger partial charge in [-0.05, 0) is 49.8 Å². The number of rotatable bonds is 4. The van der Waals surface area contributed by atoms with Crippen molar-refractivity contribution in [3.63, 3.8) is 0 Å². The molecule has 0 unspecified atom stereocenters. The maximum absolute atomic E-state index is 14.3. The van der Waals surface area contributed by atoms with E-state index in [1.807, 2.05) is 13.1 Å². The zero-order valence-corrected chi connectivity index (χ0v) is 14.8. The Morgan fingerprint density at radius 1 is 1.28 bits per heavy atom. The van der Waals surface area contributed by atoms with E-state index in [0.29, 0.717) is 22.4 Å². The summed E-state index contributed by atoms with van der Waals surface area (Å²) in [7, 11) is 5.40. The number of nitrogens with zero attached hydrogens (tertiary/aromatic N) is 2. The van der Waals surface area contributed by atoms with E-state index in [0.717, 1.165) is 19.5 Å². The third-order valence-electron chi connectivity index (χ3n) is 4.83. The smallest absolute Gasteiger partial charge is 0.253 e. The predicted molar refractivity (Wildman–Crippen MR) is 96.4 cm³/mol. The van der Waals surface area contributed by atoms with Crippen molar-refractivity contribution in [2.45, 2.75) is 12.5 Å². The number of carbonyl (C=O) groups is 1. The van der Waals surface area contributed by atoms with E-state index in [4.69, 9.17) is 4.74 Å². The molecule has 25 heavy (non-hydrogen) atoms. The normalized spacial score (nSPS) is 17.5. The van der Waals surface area contributed by atoms with Gasteiger partial charge in [-0.25, -0.2) is 4.39 Å². The number of amides is 1. The molecule has 1 amide bonds. The van der Waals surface area contributed by atoms with Crippen molar-refractivity contribution in [3.05, 3.63) is 53.8 Å². The van der Waals surface area contributed by atoms with Gasteiger partial charge in [0.1, 0.15) is 11.6 Å². The van der Waals surface area contributed by atoms with Gasteiger partial charge in [0, 0.05) is 36.8 Å². The Morgan fingerprint density at radius 2 is 2.08 bits per heavy atom. The molecule has 1 heterocycles. The van der Waals surface area contributed by atoms with E-state index < -0.39 is 0 Å². The molecule has 2 aromatic rings. The van der Waals surface area contributed by atoms with Gasteiger partial charge in [-0.2, -0.15) is 0 Å². The highest BCUT2D eigenvalue weighted by Crippen LogP contribution is 2.27. The number of carbonyl (C=O) groups excluding carboxylic acids is 1. The molecular formula is C20H23FN2O2. The average Bonchev–Trinajstić information content (AvgIpc) is 3.06. The van der Waals surface area contributed by atoms with Gasteiger partial charge in [0.15, 0.2) is 0 Å². The average molecular weight is 342 g/mol. The van der Waals surface area contributed by atoms with E-state index >= 15 is 0 Å². The highest BCUT2D eigenvalue weighted by Gasteiger charge is 2.27. The zero-order valence-electron chi connectivity index (χ0n) is 14.8. The van der Waals surface area contributed by atoms with Crippen LogP contribution in [0.2, 0.25) is 0 Å². The summed E-state index contributed by atoms with van der Waals surface area (Å²) in [5.41, 5.74) is 1.71. The van der Waals surface area contributed by atoms with Crippen molar-refractivity contribution in [2.75, 3.05) is 34.3 Å². The van der Waals surface area contributed by atoms with Gasteiger partial charge in [-0.15, -0.1) is 0 Å². The van der Waals surface area contributed by atoms with Crippen LogP contribution in [-0.4, -0.2) is 56.0 Å². The molecule has 0 aromatic heterocycles. The van der Waals surface area contributed by atoms with Crippen LogP contribution in [0, 0.1) is 5.82 Å². The summed E-state index contributed by atoms with van der Waals surface area (Å²) in [6.07, 6.45) is 0.978. The number of likely N-dealkylation sites (N-methyl/N-ethyl adjacent to an activating group) is 2. The monoisotopic (exact) mass is 342 g/mol. The van der Waals surface area contributed by atoms with E-state index in [-0.39, 0.29) is 17.8 Å². The third-order valence-corrected chi connectivity index (χ3v) is 4.83. The topological polar surface area (TPSA) is 32.8 Å². The van der Waals surface area contributed by atoms with Gasteiger partial charge in [-0.3, -0.25) is 4.79 Å². The molecule has 0 spiro atoms. The summed E-state index contributed by atoms with van der Waals surface area (Å²) >= 11 is 0. The van der Waals surface area contributed by atoms with Crippen LogP contribution < -0.4 is 4.74 Å². The molecule has 1 fully saturated rings. The molecular weight excluding hydrogens is 319 g/mol. The first-order valence-corrected chi connectivity index (χ1v) is 8.39. The SMILES string of the molecule is COc1ccc(-c2cccc(C(=O)N(C)[C@@H]3CCN(C)C3)c2)c(F)c1. The van der Waals surface area contributed by atoms with Crippen LogP contribution in [-0.2, 0) is 0 Å². The van der Waals surface area contributed by atoms with Gasteiger partial charge in [0.05, 0.1) is 7.11 Å². The molecule has 132 valence electrons. The molecule has 0 radical (unpaired) electrons. The predicted octanol–water partition coefficient (Wildman–Crippen LogP) is 3.28. The lowest BCUT2D eigenvalue weighted by molar-refractivity contribution is 0.0737. The van der Waals surface area contributed by atoms with E-state index in [2.05, 4.69) is 11.9 Å². The van der Waals surface area contributed by atoms with Gasteiger partial charge in [0.2, 0.25) is 0 Å². The molecule has 0 N–H and O–H groups in total. The minimum atomic E-state index is -0.366. The van der Waals surface area contributed by atoms with Gasteiger partial charge in [-0.1, -0.05) is 12.1 Å². The van der Waals surface area contributed by atoms with Crippen molar-refractivity contribution in [2.24, 2.45) is 0 Å². The lowest BCUT2D eigenvalue weighted by atomic mass is 10.0. The summed E-state index contributed by atoms with van der Waals surface area (Å²) < 4.78 is 19.4. The summed E-state index contributed by atoms with van der Waals surface area (Å²) in [6, 6.07) is 12.1. The highest BCUT2D eigenvalue weighted by molar-refractivity contribution is 5.95. The summed E-state index contributed by atoms with van der Waals surface area (Å²) in [5.74, 6) is 0.0735. The number of hydrogen-bond donors (Lipinski definition) is 0. The highest BCUT2D eigenvalue weighted by atomic mass is 19.1. The Morgan fingerprint density at radius 3 is 2.72 bits per heavy atom. The number of benzene rings is 2. The summed E-state index contributed by atoms with van der Waals surface area (Å²) in [4.78, 5) is 16.8. The first-order valence-electron chi connectivity index (χ1n) is 8.39. The largest absolute Gasteiger partial charge is 0.497 e. The molecule has 1 saturated heterocycles. The third kappa shape index (κ3) is 3.66. The second-order valence-electron chi connectivity index (χ2n) is 6.55. The molecule has 0 aliphatic carbocycles. The van der Waals surface area contributed by atoms with Crippen molar-refractivity contribution in [3.8, 4) is 16.9 Å². The Hall–Kier alpha value is -2.40. The standard InChI is InChI=1S/C20H23FN2O2/c1-22-10-9-16(13-22)23(2)20(24)15-6-4-5-14(11-15)18-8-7-17(25-3)12-19(18)21/h4-8,11-12,16H,9-10,13H2,1-3H3/t16-/m1/s1. The van der Waals surface area contributed by atoms with Crippen LogP contribution in [0.5, 0.6) is 5.75 Å². The number of methoxy groups -OCH3 is 1. The fraction of sp³-hybridized carbons (Fsp3) is 0.350. The van der Waals surface area contributed by atoms with Crippen LogP contribution in [0.1, 0.15) is 16.8 Å². The van der Waals surface area contributed by atoms with E-state index in [9.17, 15) is 9.18 Å². The van der Waals surface area contributed by atoms with Crippen molar-refractivity contribution >= 4 is 5.91 Å². The first kappa shape index (κ1) is 17.4. The maximum Gasteiger partial charge on any atom is 0.253 e. The maximum atomic E-state index is 14.3. The number of ether oxygens (including phenoxy) is 1. The number of halogens is 1. The van der Waals surface area contributed by atoms with Crippen LogP contribution in [0.25, 0.3) is 11.1 Å². The molecule has 0 saturated carbocycles. The minimum absolute atomic E-state index is 0.0314. The lowest BCUT2D eigenvalue weighted by Crippen LogP contribution is -2.38. The molecule has 2 aromatic carbocycles. The Bertz CT molecular complexity index is 778. The van der Waals surface area contributed by atoms with E-state index in [1.54, 1.807) is 35.2 Å². The van der Waals surface area contributed by atoms with Crippen LogP contribution in [0.15, 0.2) is 42.5 Å². The summed E-state index contributed by atoms with van der Waals surface area (Å²) in [5, 5.41) is 0. The van der Waals surface area contributed by atoms with Gasteiger partial charge < -0.3 is 14.5 Å². The fourth-order valence-corrected chi connectivity index (χ4v) is 3.27. The minimum Gasteiger partial charge on any atom is -0.497 e. The molecule has 0 bridgehead atoms. The number of likely N-dealkylation sites (tertiary alicyclic amines) is 1. The summed E-state index contributed by atoms with van der Waals surface area (Å²) in [6.45, 7) is 1.88. The lowest BCUT2D eigenvalue weighted by Gasteiger charge is -2.24. The molecule has 3 rings (SSSR count). The number of hydrogen-bond acceptors (Lipinski definition) is 3. The second-order valence-corrected chi connectivity index (χ2v) is 6.55. The quantitative estimate of drug-likeness (QED) is 0.855. The molecule has 4 nitrogen and oxygen atoms in total. The Kier molecular flexibility index (Phi) is 5.04. The van der Waals surface area contributed by atoms with Gasteiger partial charge >= 0.3 is 0 Å². The molecule has 5 heteroatoms. The van der Waals surface area contributed by atoms with Crippen molar-refractivity contribution in [1.29, 1.82) is 0 Å². The van der Waals surface area contributed by atoms with Crippen molar-refractivity contribution in [1.82, 2.24) is 9.80 Å². The van der Waals surface area contributed by atoms with Crippen LogP contribution in [0.3, 0.4) is 0 Å². The van der Waals surface area contributed by atoms with Crippen LogP contribution >= 0.6 is 0 Å². The van der Waals surface area contributed by atoms with Gasteiger partial charge in [0.25, 0.3) is 5.91 Å². The first-order chi connectivity index (χ1) is 12.0. The van der Waals surface area contributed by atoms with Crippen LogP contribution in [0.4, 0.5) is 4.39 Å². The molecule has 1 atom stereocenters. The Labute approximate surface area is 147 Å². The zero-order chi connectivity index (χ0) is 18.0. The second kappa shape index (κ2) is 7.23. The van der Waals surface area contributed by atoms with Crippen molar-refractivity contribution < 1.29 is 13.9 Å². The fourth-order valence-electron chi connectivity index (χ4n) is 3.27. The molecule has 1 aliphatic heterocycles. The molecule has 1 aliphatic rings. The Balaban J connectivity index is 1.85. The van der Waals surface area contributed by atoms with E-state index in [1.165, 1.54) is 13.2 Å².